The van der Waals surface area contributed by atoms with Crippen LogP contribution in [0.1, 0.15) is 11.1 Å². The Morgan fingerprint density at radius 2 is 1.80 bits per heavy atom. The Balaban J connectivity index is 2.19. The molecule has 2 N–H and O–H groups in total. The molecule has 0 aromatic heterocycles. The van der Waals surface area contributed by atoms with Crippen molar-refractivity contribution in [3.8, 4) is 5.75 Å². The topological polar surface area (TPSA) is 35.2 Å². The predicted molar refractivity (Wildman–Crippen MR) is 85.5 cm³/mol. The summed E-state index contributed by atoms with van der Waals surface area (Å²) in [6.45, 7) is 0.694. The van der Waals surface area contributed by atoms with Crippen molar-refractivity contribution >= 4 is 43.5 Å². The lowest BCUT2D eigenvalue weighted by molar-refractivity contribution is 0.302. The Morgan fingerprint density at radius 3 is 2.35 bits per heavy atom. The van der Waals surface area contributed by atoms with E-state index in [1.807, 2.05) is 12.1 Å². The molecule has 106 valence electrons. The Bertz CT molecular complexity index is 614. The molecule has 0 fully saturated rings. The highest BCUT2D eigenvalue weighted by molar-refractivity contribution is 9.11. The van der Waals surface area contributed by atoms with Gasteiger partial charge in [-0.05, 0) is 61.7 Å². The van der Waals surface area contributed by atoms with E-state index in [0.717, 1.165) is 20.1 Å². The van der Waals surface area contributed by atoms with Gasteiger partial charge in [-0.15, -0.1) is 0 Å². The van der Waals surface area contributed by atoms with Crippen molar-refractivity contribution in [2.75, 3.05) is 0 Å². The molecule has 0 unspecified atom stereocenters. The van der Waals surface area contributed by atoms with Gasteiger partial charge in [0.15, 0.2) is 0 Å². The SMILES string of the molecule is NCc1cc(Br)c(OCc2ccc(F)cc2Cl)c(Br)c1. The molecule has 2 aromatic carbocycles. The van der Waals surface area contributed by atoms with Crippen LogP contribution in [0, 0.1) is 5.82 Å². The molecule has 0 saturated heterocycles. The van der Waals surface area contributed by atoms with Gasteiger partial charge in [-0.1, -0.05) is 17.7 Å². The maximum Gasteiger partial charge on any atom is 0.148 e. The van der Waals surface area contributed by atoms with Gasteiger partial charge in [-0.25, -0.2) is 4.39 Å². The van der Waals surface area contributed by atoms with E-state index in [2.05, 4.69) is 31.9 Å². The largest absolute Gasteiger partial charge is 0.486 e. The summed E-state index contributed by atoms with van der Waals surface area (Å²) in [5.41, 5.74) is 7.30. The average molecular weight is 424 g/mol. The molecule has 0 radical (unpaired) electrons. The van der Waals surface area contributed by atoms with Crippen LogP contribution in [0.5, 0.6) is 5.75 Å². The molecule has 6 heteroatoms. The van der Waals surface area contributed by atoms with Gasteiger partial charge in [-0.2, -0.15) is 0 Å². The zero-order valence-corrected chi connectivity index (χ0v) is 14.2. The van der Waals surface area contributed by atoms with Gasteiger partial charge < -0.3 is 10.5 Å². The average Bonchev–Trinajstić information content (AvgIpc) is 2.39. The van der Waals surface area contributed by atoms with Crippen molar-refractivity contribution in [2.45, 2.75) is 13.2 Å². The van der Waals surface area contributed by atoms with Crippen molar-refractivity contribution in [1.82, 2.24) is 0 Å². The summed E-state index contributed by atoms with van der Waals surface area (Å²) in [4.78, 5) is 0. The van der Waals surface area contributed by atoms with E-state index < -0.39 is 0 Å². The standard InChI is InChI=1S/C14H11Br2ClFNO/c15-11-3-8(6-19)4-12(16)14(11)20-7-9-1-2-10(18)5-13(9)17/h1-5H,6-7,19H2. The number of halogens is 4. The van der Waals surface area contributed by atoms with Gasteiger partial charge in [-0.3, -0.25) is 0 Å². The molecule has 0 bridgehead atoms. The maximum atomic E-state index is 13.0. The zero-order valence-electron chi connectivity index (χ0n) is 10.3. The third-order valence-corrected chi connectivity index (χ3v) is 4.21. The summed E-state index contributed by atoms with van der Waals surface area (Å²) in [5, 5.41) is 0.343. The highest BCUT2D eigenvalue weighted by Crippen LogP contribution is 2.35. The Morgan fingerprint density at radius 1 is 1.15 bits per heavy atom. The molecular weight excluding hydrogens is 412 g/mol. The van der Waals surface area contributed by atoms with Crippen LogP contribution in [0.25, 0.3) is 0 Å². The fraction of sp³-hybridized carbons (Fsp3) is 0.143. The lowest BCUT2D eigenvalue weighted by Crippen LogP contribution is -2.01. The number of rotatable bonds is 4. The van der Waals surface area contributed by atoms with Crippen LogP contribution in [0.2, 0.25) is 5.02 Å². The summed E-state index contributed by atoms with van der Waals surface area (Å²) in [7, 11) is 0. The van der Waals surface area contributed by atoms with Crippen LogP contribution < -0.4 is 10.5 Å². The second-order valence-electron chi connectivity index (χ2n) is 4.12. The van der Waals surface area contributed by atoms with Gasteiger partial charge in [0, 0.05) is 12.1 Å². The number of nitrogens with two attached hydrogens (primary N) is 1. The fourth-order valence-electron chi connectivity index (χ4n) is 1.66. The molecule has 20 heavy (non-hydrogen) atoms. The summed E-state index contributed by atoms with van der Waals surface area (Å²) in [6, 6.07) is 8.01. The predicted octanol–water partition coefficient (Wildman–Crippen LogP) is 5.04. The van der Waals surface area contributed by atoms with E-state index in [1.165, 1.54) is 12.1 Å². The molecule has 2 nitrogen and oxygen atoms in total. The first kappa shape index (κ1) is 15.8. The number of hydrogen-bond donors (Lipinski definition) is 1. The highest BCUT2D eigenvalue weighted by Gasteiger charge is 2.10. The van der Waals surface area contributed by atoms with Crippen LogP contribution in [0.3, 0.4) is 0 Å². The van der Waals surface area contributed by atoms with E-state index in [0.29, 0.717) is 17.3 Å². The van der Waals surface area contributed by atoms with Crippen LogP contribution in [0.15, 0.2) is 39.3 Å². The molecule has 0 atom stereocenters. The van der Waals surface area contributed by atoms with Crippen molar-refractivity contribution in [1.29, 1.82) is 0 Å². The van der Waals surface area contributed by atoms with E-state index in [4.69, 9.17) is 22.1 Å². The minimum Gasteiger partial charge on any atom is -0.486 e. The first-order valence-electron chi connectivity index (χ1n) is 5.76. The van der Waals surface area contributed by atoms with E-state index in [1.54, 1.807) is 6.07 Å². The molecule has 0 spiro atoms. The second-order valence-corrected chi connectivity index (χ2v) is 6.23. The zero-order chi connectivity index (χ0) is 14.7. The molecule has 0 amide bonds. The van der Waals surface area contributed by atoms with Gasteiger partial charge in [0.25, 0.3) is 0 Å². The smallest absolute Gasteiger partial charge is 0.148 e. The third kappa shape index (κ3) is 3.73. The molecule has 0 aliphatic rings. The Labute approximate surface area is 138 Å². The first-order chi connectivity index (χ1) is 9.51. The monoisotopic (exact) mass is 421 g/mol. The van der Waals surface area contributed by atoms with Crippen molar-refractivity contribution < 1.29 is 9.13 Å². The first-order valence-corrected chi connectivity index (χ1v) is 7.72. The summed E-state index contributed by atoms with van der Waals surface area (Å²) >= 11 is 12.8. The van der Waals surface area contributed by atoms with Crippen molar-refractivity contribution in [3.63, 3.8) is 0 Å². The van der Waals surface area contributed by atoms with Gasteiger partial charge in [0.2, 0.25) is 0 Å². The molecule has 0 heterocycles. The summed E-state index contributed by atoms with van der Waals surface area (Å²) in [6.07, 6.45) is 0. The minimum atomic E-state index is -0.367. The maximum absolute atomic E-state index is 13.0. The second kappa shape index (κ2) is 6.89. The van der Waals surface area contributed by atoms with E-state index in [-0.39, 0.29) is 12.4 Å². The van der Waals surface area contributed by atoms with Crippen LogP contribution in [-0.4, -0.2) is 0 Å². The van der Waals surface area contributed by atoms with Crippen molar-refractivity contribution in [2.24, 2.45) is 5.73 Å². The van der Waals surface area contributed by atoms with E-state index in [9.17, 15) is 4.39 Å². The Hall–Kier alpha value is -0.620. The van der Waals surface area contributed by atoms with Gasteiger partial charge >= 0.3 is 0 Å². The normalized spacial score (nSPS) is 10.7. The molecule has 0 aliphatic heterocycles. The summed E-state index contributed by atoms with van der Waals surface area (Å²) < 4.78 is 20.3. The molecular formula is C14H11Br2ClFNO. The van der Waals surface area contributed by atoms with Gasteiger partial charge in [0.05, 0.1) is 14.0 Å². The quantitative estimate of drug-likeness (QED) is 0.748. The number of hydrogen-bond acceptors (Lipinski definition) is 2. The minimum absolute atomic E-state index is 0.248. The lowest BCUT2D eigenvalue weighted by atomic mass is 10.2. The lowest BCUT2D eigenvalue weighted by Gasteiger charge is -2.12. The number of ether oxygens (including phenoxy) is 1. The van der Waals surface area contributed by atoms with E-state index >= 15 is 0 Å². The highest BCUT2D eigenvalue weighted by atomic mass is 79.9. The number of benzene rings is 2. The molecule has 0 saturated carbocycles. The van der Waals surface area contributed by atoms with Crippen LogP contribution >= 0.6 is 43.5 Å². The van der Waals surface area contributed by atoms with Crippen LogP contribution in [0.4, 0.5) is 4.39 Å². The van der Waals surface area contributed by atoms with Crippen molar-refractivity contribution in [3.05, 3.63) is 61.2 Å². The fourth-order valence-corrected chi connectivity index (χ4v) is 3.39. The Kier molecular flexibility index (Phi) is 5.43. The molecule has 0 aliphatic carbocycles. The summed E-state index contributed by atoms with van der Waals surface area (Å²) in [5.74, 6) is 0.288. The van der Waals surface area contributed by atoms with Gasteiger partial charge in [0.1, 0.15) is 18.2 Å². The molecule has 2 aromatic rings. The third-order valence-electron chi connectivity index (χ3n) is 2.68. The van der Waals surface area contributed by atoms with Crippen LogP contribution in [-0.2, 0) is 13.2 Å². The molecule has 2 rings (SSSR count).